The summed E-state index contributed by atoms with van der Waals surface area (Å²) in [5.41, 5.74) is 5.12. The third kappa shape index (κ3) is 5.38. The summed E-state index contributed by atoms with van der Waals surface area (Å²) in [4.78, 5) is 26.3. The molecule has 1 aliphatic rings. The highest BCUT2D eigenvalue weighted by Gasteiger charge is 2.19. The van der Waals surface area contributed by atoms with Crippen LogP contribution in [0, 0.1) is 0 Å². The molecular weight excluding hydrogens is 242 g/mol. The second-order valence-electron chi connectivity index (χ2n) is 3.86. The molecule has 0 unspecified atom stereocenters. The molecule has 0 aliphatic carbocycles. The van der Waals surface area contributed by atoms with Gasteiger partial charge in [0.05, 0.1) is 25.6 Å². The van der Waals surface area contributed by atoms with Gasteiger partial charge in [-0.3, -0.25) is 14.5 Å². The molecule has 1 rings (SSSR count). The number of carbonyl (C=O) groups is 2. The Hall–Kier alpha value is -0.790. The van der Waals surface area contributed by atoms with Gasteiger partial charge in [0.25, 0.3) is 0 Å². The normalized spacial score (nSPS) is 16.8. The quantitative estimate of drug-likeness (QED) is 0.618. The maximum atomic E-state index is 12.0. The fourth-order valence-corrected chi connectivity index (χ4v) is 2.15. The summed E-state index contributed by atoms with van der Waals surface area (Å²) < 4.78 is 5.21. The van der Waals surface area contributed by atoms with Gasteiger partial charge in [-0.05, 0) is 6.26 Å². The fourth-order valence-electron chi connectivity index (χ4n) is 1.60. The van der Waals surface area contributed by atoms with Crippen LogP contribution in [0.25, 0.3) is 0 Å². The summed E-state index contributed by atoms with van der Waals surface area (Å²) in [7, 11) is 0. The van der Waals surface area contributed by atoms with Crippen LogP contribution in [0.5, 0.6) is 0 Å². The number of rotatable bonds is 6. The molecule has 0 saturated carbocycles. The number of nitrogens with zero attached hydrogens (tertiary/aromatic N) is 2. The smallest absolute Gasteiger partial charge is 0.237 e. The summed E-state index contributed by atoms with van der Waals surface area (Å²) in [6.07, 6.45) is 1.88. The van der Waals surface area contributed by atoms with Crippen molar-refractivity contribution >= 4 is 23.6 Å². The average molecular weight is 261 g/mol. The molecule has 0 aromatic carbocycles. The van der Waals surface area contributed by atoms with Crippen molar-refractivity contribution < 1.29 is 14.3 Å². The molecule has 1 fully saturated rings. The van der Waals surface area contributed by atoms with Gasteiger partial charge in [0, 0.05) is 13.1 Å². The van der Waals surface area contributed by atoms with Crippen molar-refractivity contribution in [1.82, 2.24) is 9.80 Å². The van der Waals surface area contributed by atoms with Crippen molar-refractivity contribution in [2.75, 3.05) is 51.5 Å². The van der Waals surface area contributed by atoms with E-state index in [0.29, 0.717) is 25.6 Å². The van der Waals surface area contributed by atoms with Gasteiger partial charge in [0.2, 0.25) is 11.8 Å². The molecule has 0 bridgehead atoms. The van der Waals surface area contributed by atoms with E-state index in [1.54, 1.807) is 0 Å². The lowest BCUT2D eigenvalue weighted by Crippen LogP contribution is -2.46. The summed E-state index contributed by atoms with van der Waals surface area (Å²) in [5.74, 6) is -0.0408. The Morgan fingerprint density at radius 1 is 1.41 bits per heavy atom. The molecule has 0 atom stereocenters. The number of primary amides is 1. The summed E-state index contributed by atoms with van der Waals surface area (Å²) in [6.45, 7) is 3.16. The van der Waals surface area contributed by atoms with E-state index < -0.39 is 5.91 Å². The van der Waals surface area contributed by atoms with E-state index >= 15 is 0 Å². The first-order valence-electron chi connectivity index (χ1n) is 5.48. The molecule has 2 amide bonds. The topological polar surface area (TPSA) is 75.9 Å². The van der Waals surface area contributed by atoms with Gasteiger partial charge in [0.15, 0.2) is 0 Å². The summed E-state index contributed by atoms with van der Waals surface area (Å²) >= 11 is 1.50. The number of ether oxygens (including phenoxy) is 1. The van der Waals surface area contributed by atoms with Crippen LogP contribution in [0.3, 0.4) is 0 Å². The van der Waals surface area contributed by atoms with Gasteiger partial charge in [-0.25, -0.2) is 0 Å². The molecule has 2 N–H and O–H groups in total. The SMILES string of the molecule is CSCN(CC(N)=O)C(=O)CN1CCOCC1. The maximum Gasteiger partial charge on any atom is 0.237 e. The van der Waals surface area contributed by atoms with Gasteiger partial charge in [-0.1, -0.05) is 0 Å². The van der Waals surface area contributed by atoms with Crippen molar-refractivity contribution in [3.8, 4) is 0 Å². The first-order valence-corrected chi connectivity index (χ1v) is 6.88. The van der Waals surface area contributed by atoms with Crippen LogP contribution in [0.1, 0.15) is 0 Å². The van der Waals surface area contributed by atoms with Crippen molar-refractivity contribution in [3.05, 3.63) is 0 Å². The minimum absolute atomic E-state index is 0.00991. The Morgan fingerprint density at radius 3 is 2.59 bits per heavy atom. The number of amides is 2. The Kier molecular flexibility index (Phi) is 6.31. The summed E-state index contributed by atoms with van der Waals surface area (Å²) in [5, 5.41) is 0. The number of hydrogen-bond donors (Lipinski definition) is 1. The van der Waals surface area contributed by atoms with Crippen LogP contribution < -0.4 is 5.73 Å². The molecule has 0 spiro atoms. The van der Waals surface area contributed by atoms with Crippen molar-refractivity contribution in [3.63, 3.8) is 0 Å². The Bertz CT molecular complexity index is 270. The van der Waals surface area contributed by atoms with Gasteiger partial charge in [-0.2, -0.15) is 0 Å². The van der Waals surface area contributed by atoms with Crippen LogP contribution in [0.2, 0.25) is 0 Å². The lowest BCUT2D eigenvalue weighted by molar-refractivity contribution is -0.135. The second kappa shape index (κ2) is 7.52. The lowest BCUT2D eigenvalue weighted by Gasteiger charge is -2.28. The molecule has 0 aromatic heterocycles. The Labute approximate surface area is 105 Å². The van der Waals surface area contributed by atoms with E-state index in [0.717, 1.165) is 13.1 Å². The number of thioether (sulfide) groups is 1. The van der Waals surface area contributed by atoms with Gasteiger partial charge in [-0.15, -0.1) is 11.8 Å². The first-order chi connectivity index (χ1) is 8.13. The van der Waals surface area contributed by atoms with Gasteiger partial charge in [0.1, 0.15) is 6.54 Å². The van der Waals surface area contributed by atoms with E-state index in [-0.39, 0.29) is 12.5 Å². The molecule has 17 heavy (non-hydrogen) atoms. The van der Waals surface area contributed by atoms with E-state index in [1.165, 1.54) is 16.7 Å². The molecular formula is C10H19N3O3S. The molecule has 1 heterocycles. The molecule has 6 nitrogen and oxygen atoms in total. The second-order valence-corrected chi connectivity index (χ2v) is 4.70. The number of nitrogens with two attached hydrogens (primary N) is 1. The zero-order chi connectivity index (χ0) is 12.7. The van der Waals surface area contributed by atoms with E-state index in [9.17, 15) is 9.59 Å². The Morgan fingerprint density at radius 2 is 2.06 bits per heavy atom. The van der Waals surface area contributed by atoms with Crippen molar-refractivity contribution in [1.29, 1.82) is 0 Å². The number of carbonyl (C=O) groups excluding carboxylic acids is 2. The highest BCUT2D eigenvalue weighted by Crippen LogP contribution is 2.03. The highest BCUT2D eigenvalue weighted by molar-refractivity contribution is 7.98. The van der Waals surface area contributed by atoms with Crippen LogP contribution in [-0.4, -0.2) is 73.1 Å². The van der Waals surface area contributed by atoms with Crippen LogP contribution in [0.15, 0.2) is 0 Å². The zero-order valence-corrected chi connectivity index (χ0v) is 10.9. The van der Waals surface area contributed by atoms with Crippen molar-refractivity contribution in [2.24, 2.45) is 5.73 Å². The molecule has 0 radical (unpaired) electrons. The van der Waals surface area contributed by atoms with Crippen LogP contribution in [-0.2, 0) is 14.3 Å². The fraction of sp³-hybridized carbons (Fsp3) is 0.800. The minimum atomic E-state index is -0.477. The first kappa shape index (κ1) is 14.3. The minimum Gasteiger partial charge on any atom is -0.379 e. The van der Waals surface area contributed by atoms with Gasteiger partial charge < -0.3 is 15.4 Å². The monoisotopic (exact) mass is 261 g/mol. The Balaban J connectivity index is 2.42. The predicted molar refractivity (Wildman–Crippen MR) is 66.5 cm³/mol. The molecule has 7 heteroatoms. The van der Waals surface area contributed by atoms with Crippen LogP contribution in [0.4, 0.5) is 0 Å². The highest BCUT2D eigenvalue weighted by atomic mass is 32.2. The standard InChI is InChI=1S/C10H19N3O3S/c1-17-8-13(6-9(11)14)10(15)7-12-2-4-16-5-3-12/h2-8H2,1H3,(H2,11,14). The molecule has 0 aromatic rings. The lowest BCUT2D eigenvalue weighted by atomic mass is 10.4. The molecule has 1 aliphatic heterocycles. The summed E-state index contributed by atoms with van der Waals surface area (Å²) in [6, 6.07) is 0. The maximum absolute atomic E-state index is 12.0. The molecule has 98 valence electrons. The van der Waals surface area contributed by atoms with E-state index in [4.69, 9.17) is 10.5 Å². The third-order valence-corrected chi connectivity index (χ3v) is 3.02. The van der Waals surface area contributed by atoms with Gasteiger partial charge >= 0.3 is 0 Å². The third-order valence-electron chi connectivity index (χ3n) is 2.45. The van der Waals surface area contributed by atoms with Crippen LogP contribution >= 0.6 is 11.8 Å². The number of hydrogen-bond acceptors (Lipinski definition) is 5. The van der Waals surface area contributed by atoms with Crippen molar-refractivity contribution in [2.45, 2.75) is 0 Å². The largest absolute Gasteiger partial charge is 0.379 e. The predicted octanol–water partition coefficient (Wildman–Crippen LogP) is -1.05. The molecule has 1 saturated heterocycles. The number of morpholine rings is 1. The zero-order valence-electron chi connectivity index (χ0n) is 10.1. The average Bonchev–Trinajstić information content (AvgIpc) is 2.29. The van der Waals surface area contributed by atoms with E-state index in [1.807, 2.05) is 11.2 Å². The van der Waals surface area contributed by atoms with E-state index in [2.05, 4.69) is 0 Å².